The molecule has 1 saturated carbocycles. The van der Waals surface area contributed by atoms with Crippen LogP contribution in [0.1, 0.15) is 36.8 Å². The van der Waals surface area contributed by atoms with Crippen LogP contribution in [0.15, 0.2) is 59.1 Å². The fraction of sp³-hybridized carbons (Fsp3) is 0.318. The number of carbonyl (C=O) groups is 1. The number of rotatable bonds is 7. The molecule has 1 heterocycles. The Labute approximate surface area is 163 Å². The molecular weight excluding hydrogens is 354 g/mol. The topological polar surface area (TPSA) is 77.3 Å². The van der Waals surface area contributed by atoms with E-state index in [2.05, 4.69) is 15.5 Å². The molecule has 0 spiro atoms. The van der Waals surface area contributed by atoms with Crippen LogP contribution in [0.2, 0.25) is 0 Å². The van der Waals surface area contributed by atoms with Crippen LogP contribution in [0.5, 0.6) is 5.75 Å². The van der Waals surface area contributed by atoms with Crippen molar-refractivity contribution in [1.82, 2.24) is 15.5 Å². The largest absolute Gasteiger partial charge is 0.497 e. The van der Waals surface area contributed by atoms with Crippen molar-refractivity contribution in [3.05, 3.63) is 66.1 Å². The highest BCUT2D eigenvalue weighted by atomic mass is 16.5. The van der Waals surface area contributed by atoms with E-state index in [0.717, 1.165) is 36.1 Å². The average Bonchev–Trinajstić information content (AvgIpc) is 3.17. The van der Waals surface area contributed by atoms with E-state index in [9.17, 15) is 4.79 Å². The Morgan fingerprint density at radius 2 is 2.04 bits per heavy atom. The van der Waals surface area contributed by atoms with Gasteiger partial charge in [-0.3, -0.25) is 4.79 Å². The lowest BCUT2D eigenvalue weighted by molar-refractivity contribution is -0.128. The lowest BCUT2D eigenvalue weighted by Crippen LogP contribution is -2.37. The van der Waals surface area contributed by atoms with Gasteiger partial charge >= 0.3 is 0 Å². The van der Waals surface area contributed by atoms with Gasteiger partial charge in [0.05, 0.1) is 7.11 Å². The van der Waals surface area contributed by atoms with Crippen molar-refractivity contribution < 1.29 is 14.1 Å². The summed E-state index contributed by atoms with van der Waals surface area (Å²) in [5, 5.41) is 7.23. The maximum absolute atomic E-state index is 12.5. The summed E-state index contributed by atoms with van der Waals surface area (Å²) in [6, 6.07) is 17.1. The number of aromatic nitrogens is 2. The number of nitrogens with zero attached hydrogens (tertiary/aromatic N) is 2. The number of ether oxygens (including phenoxy) is 1. The van der Waals surface area contributed by atoms with E-state index in [-0.39, 0.29) is 17.9 Å². The van der Waals surface area contributed by atoms with Crippen LogP contribution in [0.3, 0.4) is 0 Å². The number of amides is 1. The average molecular weight is 377 g/mol. The summed E-state index contributed by atoms with van der Waals surface area (Å²) in [5.41, 5.74) is 1.90. The Kier molecular flexibility index (Phi) is 5.37. The maximum atomic E-state index is 12.5. The monoisotopic (exact) mass is 377 g/mol. The van der Waals surface area contributed by atoms with Crippen LogP contribution in [0, 0.1) is 5.92 Å². The van der Waals surface area contributed by atoms with E-state index in [4.69, 9.17) is 9.26 Å². The second kappa shape index (κ2) is 8.25. The summed E-state index contributed by atoms with van der Waals surface area (Å²) in [5.74, 6) is 1.77. The minimum Gasteiger partial charge on any atom is -0.497 e. The molecule has 0 saturated heterocycles. The Hall–Kier alpha value is -3.15. The second-order valence-electron chi connectivity index (χ2n) is 7.07. The number of hydrogen-bond donors (Lipinski definition) is 1. The van der Waals surface area contributed by atoms with Crippen LogP contribution in [-0.2, 0) is 11.2 Å². The molecule has 1 aliphatic carbocycles. The molecule has 144 valence electrons. The molecule has 2 aromatic carbocycles. The quantitative estimate of drug-likeness (QED) is 0.675. The van der Waals surface area contributed by atoms with Crippen molar-refractivity contribution in [1.29, 1.82) is 0 Å². The van der Waals surface area contributed by atoms with Gasteiger partial charge in [-0.25, -0.2) is 0 Å². The van der Waals surface area contributed by atoms with E-state index >= 15 is 0 Å². The molecule has 28 heavy (non-hydrogen) atoms. The van der Waals surface area contributed by atoms with E-state index in [1.54, 1.807) is 7.11 Å². The fourth-order valence-electron chi connectivity index (χ4n) is 3.27. The smallest absolute Gasteiger partial charge is 0.249 e. The highest BCUT2D eigenvalue weighted by Gasteiger charge is 2.29. The zero-order chi connectivity index (χ0) is 19.3. The van der Waals surface area contributed by atoms with Gasteiger partial charge in [0.1, 0.15) is 11.8 Å². The molecule has 1 aliphatic rings. The number of hydrogen-bond acceptors (Lipinski definition) is 5. The SMILES string of the molecule is COc1cccc(-c2noc(C(Cc3ccccc3)NC(=O)C3CCC3)n2)c1. The molecule has 6 heteroatoms. The summed E-state index contributed by atoms with van der Waals surface area (Å²) >= 11 is 0. The zero-order valence-electron chi connectivity index (χ0n) is 15.8. The molecule has 1 aromatic heterocycles. The molecule has 1 atom stereocenters. The van der Waals surface area contributed by atoms with Crippen molar-refractivity contribution in [2.24, 2.45) is 5.92 Å². The van der Waals surface area contributed by atoms with Crippen molar-refractivity contribution in [2.45, 2.75) is 31.7 Å². The van der Waals surface area contributed by atoms with Crippen LogP contribution in [0.4, 0.5) is 0 Å². The highest BCUT2D eigenvalue weighted by molar-refractivity contribution is 5.79. The van der Waals surface area contributed by atoms with Crippen LogP contribution in [-0.4, -0.2) is 23.2 Å². The van der Waals surface area contributed by atoms with Gasteiger partial charge in [-0.15, -0.1) is 0 Å². The predicted molar refractivity (Wildman–Crippen MR) is 105 cm³/mol. The Morgan fingerprint density at radius 1 is 1.21 bits per heavy atom. The highest BCUT2D eigenvalue weighted by Crippen LogP contribution is 2.29. The molecule has 6 nitrogen and oxygen atoms in total. The molecule has 1 amide bonds. The third-order valence-corrected chi connectivity index (χ3v) is 5.14. The minimum atomic E-state index is -0.359. The van der Waals surface area contributed by atoms with E-state index in [1.807, 2.05) is 54.6 Å². The summed E-state index contributed by atoms with van der Waals surface area (Å²) in [6.45, 7) is 0. The third-order valence-electron chi connectivity index (χ3n) is 5.14. The standard InChI is InChI=1S/C22H23N3O3/c1-27-18-12-6-11-17(14-18)20-24-22(28-25-20)19(13-15-7-3-2-4-8-15)23-21(26)16-9-5-10-16/h2-4,6-8,11-12,14,16,19H,5,9-10,13H2,1H3,(H,23,26). The number of carbonyl (C=O) groups excluding carboxylic acids is 1. The van der Waals surface area contributed by atoms with Crippen LogP contribution >= 0.6 is 0 Å². The normalized spacial score (nSPS) is 14.9. The first-order valence-electron chi connectivity index (χ1n) is 9.55. The van der Waals surface area contributed by atoms with Gasteiger partial charge in [0.25, 0.3) is 0 Å². The maximum Gasteiger partial charge on any atom is 0.249 e. The van der Waals surface area contributed by atoms with Gasteiger partial charge in [-0.2, -0.15) is 4.98 Å². The second-order valence-corrected chi connectivity index (χ2v) is 7.07. The molecular formula is C22H23N3O3. The first kappa shape index (κ1) is 18.2. The van der Waals surface area contributed by atoms with Gasteiger partial charge in [-0.05, 0) is 30.5 Å². The summed E-state index contributed by atoms with van der Waals surface area (Å²) in [7, 11) is 1.62. The number of methoxy groups -OCH3 is 1. The summed E-state index contributed by atoms with van der Waals surface area (Å²) in [4.78, 5) is 17.1. The first-order chi connectivity index (χ1) is 13.7. The van der Waals surface area contributed by atoms with Gasteiger partial charge in [-0.1, -0.05) is 54.0 Å². The van der Waals surface area contributed by atoms with Gasteiger partial charge in [0, 0.05) is 17.9 Å². The van der Waals surface area contributed by atoms with Gasteiger partial charge in [0.15, 0.2) is 0 Å². The van der Waals surface area contributed by atoms with Crippen molar-refractivity contribution in [3.63, 3.8) is 0 Å². The summed E-state index contributed by atoms with van der Waals surface area (Å²) < 4.78 is 10.8. The third kappa shape index (κ3) is 4.06. The first-order valence-corrected chi connectivity index (χ1v) is 9.55. The van der Waals surface area contributed by atoms with Crippen LogP contribution < -0.4 is 10.1 Å². The summed E-state index contributed by atoms with van der Waals surface area (Å²) in [6.07, 6.45) is 3.60. The molecule has 3 aromatic rings. The molecule has 0 radical (unpaired) electrons. The van der Waals surface area contributed by atoms with E-state index < -0.39 is 0 Å². The minimum absolute atomic E-state index is 0.0633. The van der Waals surface area contributed by atoms with Gasteiger partial charge in [0.2, 0.25) is 17.6 Å². The van der Waals surface area contributed by atoms with Crippen molar-refractivity contribution in [2.75, 3.05) is 7.11 Å². The molecule has 4 rings (SSSR count). The number of nitrogens with one attached hydrogen (secondary N) is 1. The van der Waals surface area contributed by atoms with Crippen LogP contribution in [0.25, 0.3) is 11.4 Å². The molecule has 1 N–H and O–H groups in total. The zero-order valence-corrected chi connectivity index (χ0v) is 15.8. The van der Waals surface area contributed by atoms with E-state index in [0.29, 0.717) is 18.1 Å². The molecule has 1 fully saturated rings. The molecule has 0 aliphatic heterocycles. The Bertz CT molecular complexity index is 935. The predicted octanol–water partition coefficient (Wildman–Crippen LogP) is 3.95. The molecule has 0 bridgehead atoms. The molecule has 1 unspecified atom stereocenters. The van der Waals surface area contributed by atoms with Crippen molar-refractivity contribution >= 4 is 5.91 Å². The Morgan fingerprint density at radius 3 is 2.75 bits per heavy atom. The lowest BCUT2D eigenvalue weighted by Gasteiger charge is -2.26. The van der Waals surface area contributed by atoms with E-state index in [1.165, 1.54) is 0 Å². The Balaban J connectivity index is 1.58. The number of benzene rings is 2. The van der Waals surface area contributed by atoms with Crippen molar-refractivity contribution in [3.8, 4) is 17.1 Å². The fourth-order valence-corrected chi connectivity index (χ4v) is 3.27. The van der Waals surface area contributed by atoms with Gasteiger partial charge < -0.3 is 14.6 Å². The lowest BCUT2D eigenvalue weighted by atomic mass is 9.84.